The monoisotopic (exact) mass is 400 g/mol. The van der Waals surface area contributed by atoms with Gasteiger partial charge in [0.15, 0.2) is 5.69 Å². The fourth-order valence-electron chi connectivity index (χ4n) is 2.91. The van der Waals surface area contributed by atoms with E-state index in [1.165, 1.54) is 0 Å². The maximum atomic E-state index is 12.8. The van der Waals surface area contributed by atoms with Crippen molar-refractivity contribution in [3.63, 3.8) is 0 Å². The van der Waals surface area contributed by atoms with Crippen molar-refractivity contribution in [1.82, 2.24) is 20.3 Å². The van der Waals surface area contributed by atoms with Crippen molar-refractivity contribution in [3.05, 3.63) is 64.4 Å². The van der Waals surface area contributed by atoms with E-state index in [4.69, 9.17) is 21.1 Å². The molecule has 0 saturated heterocycles. The summed E-state index contributed by atoms with van der Waals surface area (Å²) in [5.41, 5.74) is 2.44. The number of rotatable bonds is 6. The molecular formula is C20H21ClN4O3. The molecule has 1 aromatic heterocycles. The van der Waals surface area contributed by atoms with Crippen molar-refractivity contribution < 1.29 is 14.3 Å². The molecule has 0 fully saturated rings. The van der Waals surface area contributed by atoms with Gasteiger partial charge < -0.3 is 14.8 Å². The first-order valence-corrected chi connectivity index (χ1v) is 9.03. The highest BCUT2D eigenvalue weighted by atomic mass is 35.5. The van der Waals surface area contributed by atoms with Crippen molar-refractivity contribution >= 4 is 17.5 Å². The second-order valence-corrected chi connectivity index (χ2v) is 6.65. The molecule has 1 atom stereocenters. The molecule has 1 heterocycles. The molecule has 0 aliphatic carbocycles. The molecule has 0 aliphatic heterocycles. The number of hydrogen-bond acceptors (Lipinski definition) is 5. The average molecular weight is 401 g/mol. The van der Waals surface area contributed by atoms with E-state index < -0.39 is 0 Å². The summed E-state index contributed by atoms with van der Waals surface area (Å²) >= 11 is 6.04. The molecule has 0 aliphatic rings. The first kappa shape index (κ1) is 19.7. The summed E-state index contributed by atoms with van der Waals surface area (Å²) in [6.45, 7) is 3.66. The van der Waals surface area contributed by atoms with Crippen LogP contribution in [0.5, 0.6) is 11.5 Å². The first-order chi connectivity index (χ1) is 13.4. The molecule has 3 rings (SSSR count). The topological polar surface area (TPSA) is 78.3 Å². The van der Waals surface area contributed by atoms with E-state index in [9.17, 15) is 4.79 Å². The minimum Gasteiger partial charge on any atom is -0.497 e. The Kier molecular flexibility index (Phi) is 5.84. The molecule has 2 aromatic carbocycles. The molecule has 0 radical (unpaired) electrons. The quantitative estimate of drug-likeness (QED) is 0.682. The van der Waals surface area contributed by atoms with Crippen LogP contribution in [-0.4, -0.2) is 35.1 Å². The number of nitrogens with one attached hydrogen (secondary N) is 1. The Morgan fingerprint density at radius 3 is 2.64 bits per heavy atom. The minimum atomic E-state index is -0.323. The van der Waals surface area contributed by atoms with E-state index in [-0.39, 0.29) is 17.6 Å². The standard InChI is InChI=1S/C20H21ClN4O3/c1-12(17-9-8-16(27-3)11-18(17)28-4)22-20(26)19-13(2)25(24-23-19)15-7-5-6-14(21)10-15/h5-12H,1-4H3,(H,22,26). The van der Waals surface area contributed by atoms with Gasteiger partial charge in [-0.05, 0) is 44.2 Å². The van der Waals surface area contributed by atoms with Gasteiger partial charge >= 0.3 is 0 Å². The van der Waals surface area contributed by atoms with Gasteiger partial charge in [-0.3, -0.25) is 4.79 Å². The smallest absolute Gasteiger partial charge is 0.274 e. The molecule has 146 valence electrons. The number of benzene rings is 2. The highest BCUT2D eigenvalue weighted by Gasteiger charge is 2.21. The van der Waals surface area contributed by atoms with Gasteiger partial charge in [-0.15, -0.1) is 5.10 Å². The van der Waals surface area contributed by atoms with E-state index in [2.05, 4.69) is 15.6 Å². The molecule has 8 heteroatoms. The number of hydrogen-bond donors (Lipinski definition) is 1. The summed E-state index contributed by atoms with van der Waals surface area (Å²) in [7, 11) is 3.17. The van der Waals surface area contributed by atoms with Crippen LogP contribution in [0.1, 0.15) is 34.7 Å². The fourth-order valence-corrected chi connectivity index (χ4v) is 3.10. The van der Waals surface area contributed by atoms with Crippen LogP contribution in [0.4, 0.5) is 0 Å². The molecule has 1 amide bonds. The van der Waals surface area contributed by atoms with Crippen LogP contribution in [0.15, 0.2) is 42.5 Å². The lowest BCUT2D eigenvalue weighted by Gasteiger charge is -2.17. The van der Waals surface area contributed by atoms with E-state index in [1.54, 1.807) is 44.0 Å². The summed E-state index contributed by atoms with van der Waals surface area (Å²) < 4.78 is 12.2. The molecule has 1 N–H and O–H groups in total. The van der Waals surface area contributed by atoms with Gasteiger partial charge in [0.2, 0.25) is 0 Å². The first-order valence-electron chi connectivity index (χ1n) is 8.65. The van der Waals surface area contributed by atoms with Gasteiger partial charge in [0.25, 0.3) is 5.91 Å². The highest BCUT2D eigenvalue weighted by Crippen LogP contribution is 2.29. The van der Waals surface area contributed by atoms with E-state index >= 15 is 0 Å². The van der Waals surface area contributed by atoms with E-state index in [0.717, 1.165) is 11.3 Å². The molecule has 7 nitrogen and oxygen atoms in total. The number of nitrogens with zero attached hydrogens (tertiary/aromatic N) is 3. The Balaban J connectivity index is 1.82. The Bertz CT molecular complexity index is 1000. The molecule has 0 bridgehead atoms. The second-order valence-electron chi connectivity index (χ2n) is 6.22. The van der Waals surface area contributed by atoms with Gasteiger partial charge in [-0.1, -0.05) is 22.9 Å². The van der Waals surface area contributed by atoms with Gasteiger partial charge in [0.05, 0.1) is 31.6 Å². The summed E-state index contributed by atoms with van der Waals surface area (Å²) in [5.74, 6) is 0.988. The lowest BCUT2D eigenvalue weighted by molar-refractivity contribution is 0.0933. The van der Waals surface area contributed by atoms with Crippen LogP contribution in [0.3, 0.4) is 0 Å². The number of amides is 1. The Morgan fingerprint density at radius 1 is 1.18 bits per heavy atom. The third-order valence-electron chi connectivity index (χ3n) is 4.42. The van der Waals surface area contributed by atoms with E-state index in [0.29, 0.717) is 22.2 Å². The SMILES string of the molecule is COc1ccc(C(C)NC(=O)c2nnn(-c3cccc(Cl)c3)c2C)c(OC)c1. The molecular weight excluding hydrogens is 380 g/mol. The summed E-state index contributed by atoms with van der Waals surface area (Å²) in [6, 6.07) is 12.4. The van der Waals surface area contributed by atoms with Crippen LogP contribution in [0.2, 0.25) is 5.02 Å². The number of carbonyl (C=O) groups is 1. The Labute approximate surface area is 168 Å². The molecule has 3 aromatic rings. The Hall–Kier alpha value is -3.06. The lowest BCUT2D eigenvalue weighted by atomic mass is 10.1. The molecule has 28 heavy (non-hydrogen) atoms. The number of halogens is 1. The van der Waals surface area contributed by atoms with Crippen LogP contribution in [-0.2, 0) is 0 Å². The molecule has 0 spiro atoms. The lowest BCUT2D eigenvalue weighted by Crippen LogP contribution is -2.28. The molecule has 1 unspecified atom stereocenters. The number of carbonyl (C=O) groups excluding carboxylic acids is 1. The third kappa shape index (κ3) is 3.94. The van der Waals surface area contributed by atoms with Gasteiger partial charge in [-0.25, -0.2) is 4.68 Å². The zero-order valence-corrected chi connectivity index (χ0v) is 16.8. The third-order valence-corrected chi connectivity index (χ3v) is 4.65. The highest BCUT2D eigenvalue weighted by molar-refractivity contribution is 6.30. The van der Waals surface area contributed by atoms with Crippen molar-refractivity contribution in [2.75, 3.05) is 14.2 Å². The Morgan fingerprint density at radius 2 is 1.96 bits per heavy atom. The van der Waals surface area contributed by atoms with E-state index in [1.807, 2.05) is 31.2 Å². The summed E-state index contributed by atoms with van der Waals surface area (Å²) in [6.07, 6.45) is 0. The normalized spacial score (nSPS) is 11.8. The van der Waals surface area contributed by atoms with Crippen molar-refractivity contribution in [1.29, 1.82) is 0 Å². The van der Waals surface area contributed by atoms with Gasteiger partial charge in [0.1, 0.15) is 11.5 Å². The molecule has 0 saturated carbocycles. The average Bonchev–Trinajstić information content (AvgIpc) is 3.08. The number of aromatic nitrogens is 3. The number of methoxy groups -OCH3 is 2. The van der Waals surface area contributed by atoms with Crippen LogP contribution in [0.25, 0.3) is 5.69 Å². The van der Waals surface area contributed by atoms with Crippen LogP contribution >= 0.6 is 11.6 Å². The van der Waals surface area contributed by atoms with Gasteiger partial charge in [-0.2, -0.15) is 0 Å². The summed E-state index contributed by atoms with van der Waals surface area (Å²) in [4.78, 5) is 12.8. The fraction of sp³-hybridized carbons (Fsp3) is 0.250. The zero-order chi connectivity index (χ0) is 20.3. The van der Waals surface area contributed by atoms with Crippen molar-refractivity contribution in [3.8, 4) is 17.2 Å². The maximum absolute atomic E-state index is 12.8. The second kappa shape index (κ2) is 8.31. The zero-order valence-electron chi connectivity index (χ0n) is 16.1. The van der Waals surface area contributed by atoms with Crippen LogP contribution in [0, 0.1) is 6.92 Å². The minimum absolute atomic E-state index is 0.249. The van der Waals surface area contributed by atoms with Crippen molar-refractivity contribution in [2.45, 2.75) is 19.9 Å². The predicted octanol–water partition coefficient (Wildman–Crippen LogP) is 3.74. The van der Waals surface area contributed by atoms with Gasteiger partial charge in [0, 0.05) is 16.7 Å². The predicted molar refractivity (Wildman–Crippen MR) is 107 cm³/mol. The number of ether oxygens (including phenoxy) is 2. The maximum Gasteiger partial charge on any atom is 0.274 e. The largest absolute Gasteiger partial charge is 0.497 e. The van der Waals surface area contributed by atoms with Crippen LogP contribution < -0.4 is 14.8 Å². The summed E-state index contributed by atoms with van der Waals surface area (Å²) in [5, 5.41) is 11.7. The van der Waals surface area contributed by atoms with Crippen molar-refractivity contribution in [2.24, 2.45) is 0 Å².